The molecule has 4 aromatic rings. The summed E-state index contributed by atoms with van der Waals surface area (Å²) in [7, 11) is 0. The number of benzene rings is 2. The second kappa shape index (κ2) is 5.85. The summed E-state index contributed by atoms with van der Waals surface area (Å²) in [5.74, 6) is 0.563. The van der Waals surface area contributed by atoms with Crippen molar-refractivity contribution in [1.29, 1.82) is 0 Å². The number of rotatable bonds is 2. The van der Waals surface area contributed by atoms with Crippen molar-refractivity contribution in [2.24, 2.45) is 0 Å². The fraction of sp³-hybridized carbons (Fsp3) is 0.0556. The third-order valence-electron chi connectivity index (χ3n) is 3.64. The Morgan fingerprint density at radius 2 is 1.96 bits per heavy atom. The van der Waals surface area contributed by atoms with E-state index in [1.54, 1.807) is 12.1 Å². The predicted octanol–water partition coefficient (Wildman–Crippen LogP) is 3.33. The van der Waals surface area contributed by atoms with E-state index in [1.807, 2.05) is 49.4 Å². The molecule has 0 atom stereocenters. The molecule has 0 N–H and O–H groups in total. The lowest BCUT2D eigenvalue weighted by atomic mass is 10.1. The molecule has 0 saturated heterocycles. The van der Waals surface area contributed by atoms with E-state index in [4.69, 9.17) is 11.6 Å². The van der Waals surface area contributed by atoms with Gasteiger partial charge in [-0.3, -0.25) is 4.79 Å². The molecule has 0 radical (unpaired) electrons. The smallest absolute Gasteiger partial charge is 0.266 e. The zero-order valence-electron chi connectivity index (χ0n) is 12.7. The molecule has 0 bridgehead atoms. The van der Waals surface area contributed by atoms with E-state index in [0.717, 1.165) is 11.1 Å². The lowest BCUT2D eigenvalue weighted by molar-refractivity contribution is 0.937. The summed E-state index contributed by atoms with van der Waals surface area (Å²) in [6.07, 6.45) is 1.81. The minimum Gasteiger partial charge on any atom is -0.266 e. The van der Waals surface area contributed by atoms with E-state index in [9.17, 15) is 4.79 Å². The maximum atomic E-state index is 12.5. The Balaban J connectivity index is 1.81. The third-order valence-corrected chi connectivity index (χ3v) is 4.83. The van der Waals surface area contributed by atoms with Crippen molar-refractivity contribution in [2.45, 2.75) is 6.92 Å². The number of hydrogen-bond donors (Lipinski definition) is 0. The Bertz CT molecular complexity index is 1150. The molecule has 0 spiro atoms. The normalized spacial score (nSPS) is 12.2. The number of aryl methyl sites for hydroxylation is 1. The van der Waals surface area contributed by atoms with E-state index >= 15 is 0 Å². The summed E-state index contributed by atoms with van der Waals surface area (Å²) in [5, 5.41) is 4.99. The first-order chi connectivity index (χ1) is 11.6. The highest BCUT2D eigenvalue weighted by molar-refractivity contribution is 7.15. The summed E-state index contributed by atoms with van der Waals surface area (Å²) < 4.78 is 1.94. The quantitative estimate of drug-likeness (QED) is 0.555. The number of nitrogens with zero attached hydrogens (tertiary/aromatic N) is 3. The van der Waals surface area contributed by atoms with Crippen LogP contribution in [0.3, 0.4) is 0 Å². The van der Waals surface area contributed by atoms with Crippen LogP contribution in [0.15, 0.2) is 53.3 Å². The minimum absolute atomic E-state index is 0.166. The molecule has 4 nitrogen and oxygen atoms in total. The maximum absolute atomic E-state index is 12.5. The molecule has 2 heterocycles. The van der Waals surface area contributed by atoms with Gasteiger partial charge in [0.1, 0.15) is 0 Å². The average Bonchev–Trinajstić information content (AvgIpc) is 3.09. The molecular formula is C18H12ClN3OS. The first-order valence-electron chi connectivity index (χ1n) is 7.34. The highest BCUT2D eigenvalue weighted by Crippen LogP contribution is 2.17. The molecule has 2 aromatic heterocycles. The van der Waals surface area contributed by atoms with Gasteiger partial charge in [0.05, 0.1) is 4.53 Å². The summed E-state index contributed by atoms with van der Waals surface area (Å²) >= 11 is 7.30. The fourth-order valence-electron chi connectivity index (χ4n) is 2.41. The van der Waals surface area contributed by atoms with Crippen LogP contribution in [0.5, 0.6) is 0 Å². The Kier molecular flexibility index (Phi) is 3.67. The van der Waals surface area contributed by atoms with Gasteiger partial charge >= 0.3 is 0 Å². The molecule has 2 aromatic carbocycles. The van der Waals surface area contributed by atoms with Gasteiger partial charge in [0.25, 0.3) is 5.56 Å². The molecule has 0 unspecified atom stereocenters. The number of halogens is 1. The lowest BCUT2D eigenvalue weighted by Crippen LogP contribution is -2.23. The predicted molar refractivity (Wildman–Crippen MR) is 97.5 cm³/mol. The van der Waals surface area contributed by atoms with Crippen LogP contribution in [0.25, 0.3) is 22.4 Å². The number of fused-ring (bicyclic) bond motifs is 1. The second-order valence-corrected chi connectivity index (χ2v) is 6.91. The SMILES string of the molecule is Cc1ccc(-c2nc3s/c(=C\c4cccc(Cl)c4)c(=O)n3n2)cc1. The van der Waals surface area contributed by atoms with Crippen LogP contribution < -0.4 is 10.1 Å². The van der Waals surface area contributed by atoms with Crippen molar-refractivity contribution >= 4 is 34.0 Å². The van der Waals surface area contributed by atoms with Gasteiger partial charge in [-0.2, -0.15) is 9.50 Å². The monoisotopic (exact) mass is 353 g/mol. The molecule has 118 valence electrons. The Labute approximate surface area is 146 Å². The zero-order chi connectivity index (χ0) is 16.7. The number of thiazole rings is 1. The van der Waals surface area contributed by atoms with Gasteiger partial charge in [0.15, 0.2) is 5.82 Å². The van der Waals surface area contributed by atoms with Crippen LogP contribution in [0, 0.1) is 6.92 Å². The molecule has 4 rings (SSSR count). The van der Waals surface area contributed by atoms with Crippen LogP contribution in [0.1, 0.15) is 11.1 Å². The van der Waals surface area contributed by atoms with E-state index in [0.29, 0.717) is 20.3 Å². The van der Waals surface area contributed by atoms with E-state index in [2.05, 4.69) is 10.1 Å². The Hall–Kier alpha value is -2.50. The molecular weight excluding hydrogens is 342 g/mol. The lowest BCUT2D eigenvalue weighted by Gasteiger charge is -1.95. The van der Waals surface area contributed by atoms with Crippen LogP contribution in [0.4, 0.5) is 0 Å². The molecule has 0 fully saturated rings. The van der Waals surface area contributed by atoms with Crippen LogP contribution in [-0.2, 0) is 0 Å². The average molecular weight is 354 g/mol. The van der Waals surface area contributed by atoms with Crippen molar-refractivity contribution in [3.8, 4) is 11.4 Å². The van der Waals surface area contributed by atoms with Gasteiger partial charge < -0.3 is 0 Å². The molecule has 0 amide bonds. The van der Waals surface area contributed by atoms with Crippen molar-refractivity contribution < 1.29 is 0 Å². The fourth-order valence-corrected chi connectivity index (χ4v) is 3.51. The van der Waals surface area contributed by atoms with Crippen LogP contribution in [-0.4, -0.2) is 14.6 Å². The highest BCUT2D eigenvalue weighted by atomic mass is 35.5. The van der Waals surface area contributed by atoms with Gasteiger partial charge in [-0.25, -0.2) is 0 Å². The van der Waals surface area contributed by atoms with Crippen molar-refractivity contribution in [3.05, 3.63) is 79.6 Å². The number of hydrogen-bond acceptors (Lipinski definition) is 4. The third kappa shape index (κ3) is 2.72. The first-order valence-corrected chi connectivity index (χ1v) is 8.53. The second-order valence-electron chi connectivity index (χ2n) is 5.47. The van der Waals surface area contributed by atoms with E-state index in [-0.39, 0.29) is 5.56 Å². The van der Waals surface area contributed by atoms with Gasteiger partial charge in [-0.15, -0.1) is 5.10 Å². The Morgan fingerprint density at radius 3 is 2.67 bits per heavy atom. The molecule has 0 aliphatic carbocycles. The first kappa shape index (κ1) is 15.1. The van der Waals surface area contributed by atoms with E-state index < -0.39 is 0 Å². The highest BCUT2D eigenvalue weighted by Gasteiger charge is 2.11. The van der Waals surface area contributed by atoms with Crippen LogP contribution in [0.2, 0.25) is 5.02 Å². The molecule has 6 heteroatoms. The standard InChI is InChI=1S/C18H12ClN3OS/c1-11-5-7-13(8-6-11)16-20-18-22(21-16)17(23)15(24-18)10-12-3-2-4-14(19)9-12/h2-10H,1H3/b15-10-. The largest absolute Gasteiger partial charge is 0.291 e. The summed E-state index contributed by atoms with van der Waals surface area (Å²) in [6, 6.07) is 15.3. The van der Waals surface area contributed by atoms with Crippen molar-refractivity contribution in [3.63, 3.8) is 0 Å². The molecule has 0 saturated carbocycles. The van der Waals surface area contributed by atoms with Gasteiger partial charge in [-0.05, 0) is 30.7 Å². The summed E-state index contributed by atoms with van der Waals surface area (Å²) in [5.41, 5.74) is 2.78. The van der Waals surface area contributed by atoms with Crippen molar-refractivity contribution in [1.82, 2.24) is 14.6 Å². The van der Waals surface area contributed by atoms with Crippen molar-refractivity contribution in [2.75, 3.05) is 0 Å². The van der Waals surface area contributed by atoms with E-state index in [1.165, 1.54) is 21.4 Å². The molecule has 0 aliphatic rings. The van der Waals surface area contributed by atoms with Gasteiger partial charge in [0.2, 0.25) is 4.96 Å². The van der Waals surface area contributed by atoms with Gasteiger partial charge in [0, 0.05) is 10.6 Å². The minimum atomic E-state index is -0.166. The van der Waals surface area contributed by atoms with Gasteiger partial charge in [-0.1, -0.05) is 64.9 Å². The maximum Gasteiger partial charge on any atom is 0.291 e. The Morgan fingerprint density at radius 1 is 1.17 bits per heavy atom. The number of aromatic nitrogens is 3. The topological polar surface area (TPSA) is 47.3 Å². The van der Waals surface area contributed by atoms with Crippen LogP contribution >= 0.6 is 22.9 Å². The molecule has 24 heavy (non-hydrogen) atoms. The summed E-state index contributed by atoms with van der Waals surface area (Å²) in [6.45, 7) is 2.02. The zero-order valence-corrected chi connectivity index (χ0v) is 14.3. The summed E-state index contributed by atoms with van der Waals surface area (Å²) in [4.78, 5) is 17.6. The molecule has 0 aliphatic heterocycles.